The zero-order valence-electron chi connectivity index (χ0n) is 19.7. The molecule has 0 aliphatic carbocycles. The molecule has 4 nitrogen and oxygen atoms in total. The fraction of sp³-hybridized carbons (Fsp3) is 0.333. The first kappa shape index (κ1) is 22.5. The largest absolute Gasteiger partial charge is 0.347 e. The van der Waals surface area contributed by atoms with Crippen molar-refractivity contribution in [1.29, 1.82) is 0 Å². The number of nitrogens with zero attached hydrogens (tertiary/aromatic N) is 2. The SMILES string of the molecule is C=C1C(C)C(=O)C(=CC=CC=CC=C2Cc3c(C)c(C)c(C)c(C)c3N2C)C(=O)N1C. The summed E-state index contributed by atoms with van der Waals surface area (Å²) in [6.45, 7) is 14.4. The number of amides is 1. The van der Waals surface area contributed by atoms with Crippen molar-refractivity contribution in [3.63, 3.8) is 0 Å². The molecule has 0 N–H and O–H groups in total. The highest BCUT2D eigenvalue weighted by Gasteiger charge is 2.35. The number of carbonyl (C=O) groups excluding carboxylic acids is 2. The van der Waals surface area contributed by atoms with E-state index >= 15 is 0 Å². The molecular formula is C27H32N2O2. The molecule has 0 saturated carbocycles. The van der Waals surface area contributed by atoms with E-state index in [9.17, 15) is 9.59 Å². The summed E-state index contributed by atoms with van der Waals surface area (Å²) in [5.74, 6) is -0.850. The molecule has 0 radical (unpaired) electrons. The molecular weight excluding hydrogens is 384 g/mol. The summed E-state index contributed by atoms with van der Waals surface area (Å²) in [7, 11) is 3.78. The van der Waals surface area contributed by atoms with Crippen LogP contribution in [0.15, 0.2) is 60.0 Å². The first-order chi connectivity index (χ1) is 14.6. The highest BCUT2D eigenvalue weighted by Crippen LogP contribution is 2.41. The number of Topliss-reactive ketones (excluding diaryl/α,β-unsaturated/α-hetero) is 1. The summed E-state index contributed by atoms with van der Waals surface area (Å²) in [4.78, 5) is 28.5. The lowest BCUT2D eigenvalue weighted by atomic mass is 9.90. The smallest absolute Gasteiger partial charge is 0.261 e. The first-order valence-electron chi connectivity index (χ1n) is 10.7. The zero-order chi connectivity index (χ0) is 23.0. The maximum atomic E-state index is 12.4. The Hall–Kier alpha value is -3.14. The third-order valence-electron chi connectivity index (χ3n) is 6.91. The van der Waals surface area contributed by atoms with E-state index in [0.717, 1.165) is 6.42 Å². The van der Waals surface area contributed by atoms with Crippen LogP contribution in [-0.4, -0.2) is 30.7 Å². The van der Waals surface area contributed by atoms with Gasteiger partial charge >= 0.3 is 0 Å². The van der Waals surface area contributed by atoms with E-state index in [-0.39, 0.29) is 23.2 Å². The van der Waals surface area contributed by atoms with Crippen LogP contribution in [0.3, 0.4) is 0 Å². The van der Waals surface area contributed by atoms with Crippen molar-refractivity contribution in [2.45, 2.75) is 41.0 Å². The lowest BCUT2D eigenvalue weighted by molar-refractivity contribution is -0.131. The minimum Gasteiger partial charge on any atom is -0.347 e. The van der Waals surface area contributed by atoms with E-state index in [1.54, 1.807) is 26.1 Å². The summed E-state index contributed by atoms with van der Waals surface area (Å²) in [5.41, 5.74) is 10.2. The van der Waals surface area contributed by atoms with Crippen LogP contribution < -0.4 is 4.90 Å². The van der Waals surface area contributed by atoms with Gasteiger partial charge in [0.2, 0.25) is 0 Å². The highest BCUT2D eigenvalue weighted by atomic mass is 16.2. The van der Waals surface area contributed by atoms with Crippen molar-refractivity contribution in [2.24, 2.45) is 5.92 Å². The van der Waals surface area contributed by atoms with Gasteiger partial charge in [0.15, 0.2) is 5.78 Å². The molecule has 2 aliphatic rings. The number of carbonyl (C=O) groups is 2. The number of hydrogen-bond donors (Lipinski definition) is 0. The second kappa shape index (κ2) is 8.54. The maximum Gasteiger partial charge on any atom is 0.261 e. The van der Waals surface area contributed by atoms with Crippen LogP contribution in [0.4, 0.5) is 5.69 Å². The first-order valence-corrected chi connectivity index (χ1v) is 10.7. The number of benzene rings is 1. The molecule has 31 heavy (non-hydrogen) atoms. The van der Waals surface area contributed by atoms with Gasteiger partial charge in [-0.15, -0.1) is 0 Å². The van der Waals surface area contributed by atoms with Crippen LogP contribution >= 0.6 is 0 Å². The van der Waals surface area contributed by atoms with Gasteiger partial charge in [0.25, 0.3) is 5.91 Å². The van der Waals surface area contributed by atoms with Gasteiger partial charge < -0.3 is 9.80 Å². The Morgan fingerprint density at radius 2 is 1.42 bits per heavy atom. The number of likely N-dealkylation sites (N-methyl/N-ethyl adjacent to an activating group) is 2. The van der Waals surface area contributed by atoms with Crippen molar-refractivity contribution in [3.8, 4) is 0 Å². The number of rotatable bonds is 3. The van der Waals surface area contributed by atoms with Gasteiger partial charge in [-0.2, -0.15) is 0 Å². The molecule has 1 atom stereocenters. The fourth-order valence-electron chi connectivity index (χ4n) is 4.35. The van der Waals surface area contributed by atoms with E-state index < -0.39 is 0 Å². The summed E-state index contributed by atoms with van der Waals surface area (Å²) in [5, 5.41) is 0. The molecule has 1 amide bonds. The molecule has 1 fully saturated rings. The average molecular weight is 417 g/mol. The van der Waals surface area contributed by atoms with Gasteiger partial charge in [-0.1, -0.05) is 30.9 Å². The minimum atomic E-state index is -0.374. The molecule has 3 rings (SSSR count). The molecule has 2 aliphatic heterocycles. The zero-order valence-corrected chi connectivity index (χ0v) is 19.7. The molecule has 0 spiro atoms. The summed E-state index contributed by atoms with van der Waals surface area (Å²) < 4.78 is 0. The third-order valence-corrected chi connectivity index (χ3v) is 6.91. The highest BCUT2D eigenvalue weighted by molar-refractivity contribution is 6.23. The predicted octanol–water partition coefficient (Wildman–Crippen LogP) is 5.03. The van der Waals surface area contributed by atoms with Crippen molar-refractivity contribution in [3.05, 3.63) is 87.8 Å². The minimum absolute atomic E-state index is 0.175. The molecule has 0 bridgehead atoms. The Bertz CT molecular complexity index is 1070. The number of likely N-dealkylation sites (tertiary alicyclic amines) is 1. The third kappa shape index (κ3) is 3.83. The molecule has 4 heteroatoms. The van der Waals surface area contributed by atoms with Gasteiger partial charge in [-0.3, -0.25) is 9.59 Å². The van der Waals surface area contributed by atoms with E-state index in [1.165, 1.54) is 44.1 Å². The number of piperidine rings is 1. The monoisotopic (exact) mass is 416 g/mol. The Balaban J connectivity index is 1.75. The van der Waals surface area contributed by atoms with Crippen LogP contribution in [0.2, 0.25) is 0 Å². The van der Waals surface area contributed by atoms with Gasteiger partial charge in [0, 0.05) is 37.6 Å². The summed E-state index contributed by atoms with van der Waals surface area (Å²) in [6.07, 6.45) is 12.1. The van der Waals surface area contributed by atoms with Crippen LogP contribution in [0.1, 0.15) is 34.7 Å². The van der Waals surface area contributed by atoms with E-state index in [1.807, 2.05) is 18.2 Å². The van der Waals surface area contributed by atoms with Crippen LogP contribution in [0.5, 0.6) is 0 Å². The quantitative estimate of drug-likeness (QED) is 0.394. The average Bonchev–Trinajstić information content (AvgIpc) is 3.08. The lowest BCUT2D eigenvalue weighted by Gasteiger charge is -2.30. The number of anilines is 1. The summed E-state index contributed by atoms with van der Waals surface area (Å²) >= 11 is 0. The molecule has 1 aromatic rings. The van der Waals surface area contributed by atoms with E-state index in [4.69, 9.17) is 0 Å². The Morgan fingerprint density at radius 3 is 2.06 bits per heavy atom. The standard InChI is InChI=1S/C27H32N2O2/c1-16-17(2)19(4)25-24(18(16)3)15-22(29(25)8)13-11-9-10-12-14-23-26(30)20(5)21(6)28(7)27(23)31/h9-14,20H,6,15H2,1-5,7-8H3. The number of fused-ring (bicyclic) bond motifs is 1. The fourth-order valence-corrected chi connectivity index (χ4v) is 4.35. The van der Waals surface area contributed by atoms with Crippen LogP contribution in [0.25, 0.3) is 0 Å². The van der Waals surface area contributed by atoms with E-state index in [0.29, 0.717) is 5.70 Å². The Kier molecular flexibility index (Phi) is 6.21. The van der Waals surface area contributed by atoms with Crippen molar-refractivity contribution in [1.82, 2.24) is 4.90 Å². The topological polar surface area (TPSA) is 40.6 Å². The number of allylic oxidation sites excluding steroid dienone is 8. The van der Waals surface area contributed by atoms with Crippen LogP contribution in [0, 0.1) is 33.6 Å². The lowest BCUT2D eigenvalue weighted by Crippen LogP contribution is -2.41. The van der Waals surface area contributed by atoms with Crippen molar-refractivity contribution < 1.29 is 9.59 Å². The van der Waals surface area contributed by atoms with Gasteiger partial charge in [-0.05, 0) is 74.6 Å². The summed E-state index contributed by atoms with van der Waals surface area (Å²) in [6, 6.07) is 0. The van der Waals surface area contributed by atoms with Gasteiger partial charge in [0.1, 0.15) is 0 Å². The molecule has 1 saturated heterocycles. The van der Waals surface area contributed by atoms with E-state index in [2.05, 4.69) is 52.3 Å². The second-order valence-electron chi connectivity index (χ2n) is 8.51. The molecule has 2 heterocycles. The maximum absolute atomic E-state index is 12.4. The van der Waals surface area contributed by atoms with Gasteiger partial charge in [0.05, 0.1) is 11.5 Å². The van der Waals surface area contributed by atoms with Crippen LogP contribution in [-0.2, 0) is 16.0 Å². The second-order valence-corrected chi connectivity index (χ2v) is 8.51. The molecule has 1 unspecified atom stereocenters. The molecule has 0 aromatic heterocycles. The Morgan fingerprint density at radius 1 is 0.839 bits per heavy atom. The molecule has 162 valence electrons. The number of hydrogen-bond acceptors (Lipinski definition) is 3. The normalized spacial score (nSPS) is 22.2. The van der Waals surface area contributed by atoms with Crippen molar-refractivity contribution in [2.75, 3.05) is 19.0 Å². The number of ketones is 1. The van der Waals surface area contributed by atoms with Gasteiger partial charge in [-0.25, -0.2) is 0 Å². The predicted molar refractivity (Wildman–Crippen MR) is 128 cm³/mol. The molecule has 1 aromatic carbocycles. The Labute approximate surface area is 185 Å². The van der Waals surface area contributed by atoms with Crippen molar-refractivity contribution >= 4 is 17.4 Å².